The van der Waals surface area contributed by atoms with Gasteiger partial charge in [-0.1, -0.05) is 82.8 Å². The van der Waals surface area contributed by atoms with Crippen LogP contribution in [0.1, 0.15) is 97.7 Å². The van der Waals surface area contributed by atoms with Gasteiger partial charge in [-0.05, 0) is 73.8 Å². The summed E-state index contributed by atoms with van der Waals surface area (Å²) in [5, 5.41) is 21.3. The maximum atomic E-state index is 13.9. The van der Waals surface area contributed by atoms with Gasteiger partial charge in [-0.3, -0.25) is 14.6 Å². The Morgan fingerprint density at radius 3 is 2.33 bits per heavy atom. The van der Waals surface area contributed by atoms with Crippen LogP contribution in [0.5, 0.6) is 0 Å². The first-order chi connectivity index (χ1) is 20.2. The summed E-state index contributed by atoms with van der Waals surface area (Å²) in [6.07, 6.45) is 3.44. The number of benzene rings is 1. The number of allylic oxidation sites excluding steroid dienone is 1. The lowest BCUT2D eigenvalue weighted by atomic mass is 9.85. The number of hydrogen-bond acceptors (Lipinski definition) is 6. The molecule has 8 nitrogen and oxygen atoms in total. The molecule has 1 saturated heterocycles. The van der Waals surface area contributed by atoms with E-state index in [-0.39, 0.29) is 23.9 Å². The van der Waals surface area contributed by atoms with Crippen molar-refractivity contribution >= 4 is 34.3 Å². The molecule has 0 spiro atoms. The highest BCUT2D eigenvalue weighted by molar-refractivity contribution is 8.10. The molecule has 1 saturated carbocycles. The smallest absolute Gasteiger partial charge is 0.246 e. The molecular formula is C34H51N5O3S. The monoisotopic (exact) mass is 609 g/mol. The van der Waals surface area contributed by atoms with Gasteiger partial charge in [-0.2, -0.15) is 5.26 Å². The SMILES string of the molecule is C=CSC(=C(C)C)c1ccc(C(CC(C)C)N=C(N)C2CCCN2C(=O)C(NC(=O)C2(C#N)CC2)C(C)(C)C)cc1.CO. The summed E-state index contributed by atoms with van der Waals surface area (Å²) < 4.78 is 0. The Kier molecular flexibility index (Phi) is 13.1. The highest BCUT2D eigenvalue weighted by Crippen LogP contribution is 2.45. The van der Waals surface area contributed by atoms with Crippen LogP contribution in [0.4, 0.5) is 0 Å². The molecule has 4 N–H and O–H groups in total. The molecule has 3 atom stereocenters. The minimum Gasteiger partial charge on any atom is -0.400 e. The van der Waals surface area contributed by atoms with Gasteiger partial charge < -0.3 is 21.1 Å². The van der Waals surface area contributed by atoms with Crippen molar-refractivity contribution in [1.82, 2.24) is 10.2 Å². The Hall–Kier alpha value is -3.09. The quantitative estimate of drug-likeness (QED) is 0.202. The summed E-state index contributed by atoms with van der Waals surface area (Å²) in [5.41, 5.74) is 8.63. The molecular weight excluding hydrogens is 558 g/mol. The maximum absolute atomic E-state index is 13.9. The third-order valence-corrected chi connectivity index (χ3v) is 8.92. The first kappa shape index (κ1) is 36.1. The number of aliphatic hydroxyl groups excluding tert-OH is 1. The lowest BCUT2D eigenvalue weighted by Crippen LogP contribution is -2.58. The van der Waals surface area contributed by atoms with Crippen molar-refractivity contribution < 1.29 is 14.7 Å². The van der Waals surface area contributed by atoms with E-state index in [0.717, 1.165) is 37.5 Å². The molecule has 236 valence electrons. The molecule has 2 amide bonds. The largest absolute Gasteiger partial charge is 0.400 e. The van der Waals surface area contributed by atoms with Gasteiger partial charge in [-0.25, -0.2) is 0 Å². The zero-order chi connectivity index (χ0) is 32.5. The van der Waals surface area contributed by atoms with Gasteiger partial charge >= 0.3 is 0 Å². The minimum atomic E-state index is -0.995. The lowest BCUT2D eigenvalue weighted by molar-refractivity contribution is -0.140. The van der Waals surface area contributed by atoms with Gasteiger partial charge in [0.25, 0.3) is 0 Å². The van der Waals surface area contributed by atoms with E-state index >= 15 is 0 Å². The van der Waals surface area contributed by atoms with E-state index in [4.69, 9.17) is 15.8 Å². The number of nitrogens with zero attached hydrogens (tertiary/aromatic N) is 3. The van der Waals surface area contributed by atoms with Crippen LogP contribution in [0.25, 0.3) is 4.91 Å². The fourth-order valence-corrected chi connectivity index (χ4v) is 6.00. The Labute approximate surface area is 262 Å². The first-order valence-electron chi connectivity index (χ1n) is 15.1. The van der Waals surface area contributed by atoms with E-state index in [2.05, 4.69) is 69.9 Å². The Morgan fingerprint density at radius 2 is 1.86 bits per heavy atom. The summed E-state index contributed by atoms with van der Waals surface area (Å²) in [6.45, 7) is 18.8. The molecule has 3 unspecified atom stereocenters. The second-order valence-electron chi connectivity index (χ2n) is 13.1. The fourth-order valence-electron chi connectivity index (χ4n) is 5.33. The predicted octanol–water partition coefficient (Wildman–Crippen LogP) is 6.19. The summed E-state index contributed by atoms with van der Waals surface area (Å²) in [7, 11) is 1.00. The van der Waals surface area contributed by atoms with Crippen LogP contribution in [0.15, 0.2) is 46.8 Å². The first-order valence-corrected chi connectivity index (χ1v) is 16.0. The zero-order valence-electron chi connectivity index (χ0n) is 27.2. The number of nitriles is 1. The van der Waals surface area contributed by atoms with Crippen LogP contribution in [-0.4, -0.2) is 53.4 Å². The third kappa shape index (κ3) is 9.20. The standard InChI is InChI=1S/C33H47N5O2S.CH4O/c1-9-41-27(22(4)5)24-14-12-23(13-15-24)25(19-21(2)3)36-29(35)26-11-10-18-38(26)30(39)28(32(6,7)8)37-31(40)33(20-34)16-17-33;1-2/h9,12-15,21,25-26,28H,1,10-11,16-19H2,2-8H3,(H2,35,36)(H,37,40);2H,1H3. The summed E-state index contributed by atoms with van der Waals surface area (Å²) in [5.74, 6) is 0.331. The van der Waals surface area contributed by atoms with E-state index in [1.165, 1.54) is 10.5 Å². The summed E-state index contributed by atoms with van der Waals surface area (Å²) >= 11 is 1.62. The number of aliphatic imine (C=N–C) groups is 1. The predicted molar refractivity (Wildman–Crippen MR) is 178 cm³/mol. The molecule has 1 aliphatic carbocycles. The molecule has 43 heavy (non-hydrogen) atoms. The Morgan fingerprint density at radius 1 is 1.26 bits per heavy atom. The van der Waals surface area contributed by atoms with Crippen LogP contribution >= 0.6 is 11.8 Å². The molecule has 1 heterocycles. The molecule has 2 aliphatic rings. The van der Waals surface area contributed by atoms with Crippen molar-refractivity contribution in [1.29, 1.82) is 5.26 Å². The molecule has 0 aromatic heterocycles. The van der Waals surface area contributed by atoms with Crippen LogP contribution in [-0.2, 0) is 9.59 Å². The second kappa shape index (κ2) is 15.6. The highest BCUT2D eigenvalue weighted by Gasteiger charge is 2.52. The van der Waals surface area contributed by atoms with Crippen LogP contribution in [0, 0.1) is 28.1 Å². The number of amides is 2. The van der Waals surface area contributed by atoms with E-state index in [1.807, 2.05) is 26.2 Å². The molecule has 1 aliphatic heterocycles. The lowest BCUT2D eigenvalue weighted by Gasteiger charge is -2.36. The van der Waals surface area contributed by atoms with Crippen molar-refractivity contribution in [3.63, 3.8) is 0 Å². The number of likely N-dealkylation sites (tertiary alicyclic amines) is 1. The van der Waals surface area contributed by atoms with Gasteiger partial charge in [0.1, 0.15) is 17.3 Å². The number of thioether (sulfide) groups is 1. The number of nitrogens with one attached hydrogen (secondary N) is 1. The summed E-state index contributed by atoms with van der Waals surface area (Å²) in [6, 6.07) is 9.42. The molecule has 0 radical (unpaired) electrons. The van der Waals surface area contributed by atoms with Crippen molar-refractivity contribution in [2.75, 3.05) is 13.7 Å². The van der Waals surface area contributed by atoms with E-state index in [9.17, 15) is 14.9 Å². The Bertz CT molecular complexity index is 1230. The van der Waals surface area contributed by atoms with Crippen LogP contribution < -0.4 is 11.1 Å². The number of carbonyl (C=O) groups is 2. The van der Waals surface area contributed by atoms with Crippen molar-refractivity contribution in [2.45, 2.75) is 98.7 Å². The molecule has 0 bridgehead atoms. The maximum Gasteiger partial charge on any atom is 0.246 e. The van der Waals surface area contributed by atoms with Crippen LogP contribution in [0.3, 0.4) is 0 Å². The van der Waals surface area contributed by atoms with Gasteiger partial charge in [0.05, 0.1) is 18.2 Å². The molecule has 1 aromatic carbocycles. The van der Waals surface area contributed by atoms with Gasteiger partial charge in [0.15, 0.2) is 0 Å². The molecule has 2 fully saturated rings. The number of rotatable bonds is 11. The molecule has 3 rings (SSSR count). The van der Waals surface area contributed by atoms with Gasteiger partial charge in [-0.15, -0.1) is 0 Å². The Balaban J connectivity index is 0.00000316. The second-order valence-corrected chi connectivity index (χ2v) is 14.1. The van der Waals surface area contributed by atoms with E-state index in [1.54, 1.807) is 16.7 Å². The average molecular weight is 610 g/mol. The third-order valence-electron chi connectivity index (χ3n) is 7.88. The van der Waals surface area contributed by atoms with Crippen molar-refractivity contribution in [3.05, 3.63) is 53.0 Å². The van der Waals surface area contributed by atoms with Crippen molar-refractivity contribution in [2.24, 2.45) is 27.5 Å². The number of aliphatic hydroxyl groups is 1. The zero-order valence-corrected chi connectivity index (χ0v) is 28.1. The fraction of sp³-hybridized carbons (Fsp3) is 0.588. The number of amidine groups is 1. The number of nitrogens with two attached hydrogens (primary N) is 1. The van der Waals surface area contributed by atoms with Gasteiger partial charge in [0, 0.05) is 18.6 Å². The molecule has 9 heteroatoms. The normalized spacial score (nSPS) is 19.0. The van der Waals surface area contributed by atoms with Gasteiger partial charge in [0.2, 0.25) is 11.8 Å². The van der Waals surface area contributed by atoms with Crippen LogP contribution in [0.2, 0.25) is 0 Å². The van der Waals surface area contributed by atoms with E-state index < -0.39 is 16.9 Å². The molecule has 1 aromatic rings. The number of carbonyl (C=O) groups excluding carboxylic acids is 2. The topological polar surface area (TPSA) is 132 Å². The summed E-state index contributed by atoms with van der Waals surface area (Å²) in [4.78, 5) is 34.9. The average Bonchev–Trinajstić information content (AvgIpc) is 3.61. The highest BCUT2D eigenvalue weighted by atomic mass is 32.2. The minimum absolute atomic E-state index is 0.132. The van der Waals surface area contributed by atoms with Crippen molar-refractivity contribution in [3.8, 4) is 6.07 Å². The number of hydrogen-bond donors (Lipinski definition) is 3. The van der Waals surface area contributed by atoms with E-state index in [0.29, 0.717) is 31.1 Å².